The van der Waals surface area contributed by atoms with Crippen molar-refractivity contribution in [1.82, 2.24) is 9.80 Å². The second-order valence-electron chi connectivity index (χ2n) is 10.2. The zero-order valence-electron chi connectivity index (χ0n) is 25.2. The van der Waals surface area contributed by atoms with Crippen LogP contribution in [0.25, 0.3) is 0 Å². The molecule has 8 nitrogen and oxygen atoms in total. The van der Waals surface area contributed by atoms with E-state index in [-0.39, 0.29) is 25.2 Å². The zero-order chi connectivity index (χ0) is 29.5. The number of nitrogens with zero attached hydrogens (tertiary/aromatic N) is 2. The predicted octanol–water partition coefficient (Wildman–Crippen LogP) is 4.43. The highest BCUT2D eigenvalue weighted by Crippen LogP contribution is 2.29. The van der Waals surface area contributed by atoms with Crippen molar-refractivity contribution in [2.24, 2.45) is 5.92 Å². The van der Waals surface area contributed by atoms with E-state index in [1.807, 2.05) is 60.7 Å². The molecule has 0 amide bonds. The topological polar surface area (TPSA) is 99.5 Å². The lowest BCUT2D eigenvalue weighted by molar-refractivity contribution is -0.136. The third-order valence-corrected chi connectivity index (χ3v) is 6.56. The molecule has 0 saturated carbocycles. The summed E-state index contributed by atoms with van der Waals surface area (Å²) in [6.45, 7) is 17.6. The standard InChI is InChI=1S/C29H44N2O6.C2H6/c1-7-31(16-23(32)10-9-21(4)18-36-28(34)13-8-20(2)3)15-14-30(6)17-27(33)24-11-12-25-26(22(24)5)19-37-29(25)35;1-2/h8-9,11-13,20,23,27,32-33H,7,10,14-19H2,1-6H3;1-2H3/b13-8+,21-9+;. The fourth-order valence-corrected chi connectivity index (χ4v) is 4.18. The summed E-state index contributed by atoms with van der Waals surface area (Å²) in [7, 11) is 1.96. The number of cyclic esters (lactones) is 1. The van der Waals surface area contributed by atoms with Crippen LogP contribution in [0.15, 0.2) is 35.9 Å². The molecule has 39 heavy (non-hydrogen) atoms. The van der Waals surface area contributed by atoms with Gasteiger partial charge in [-0.2, -0.15) is 0 Å². The van der Waals surface area contributed by atoms with Gasteiger partial charge in [-0.15, -0.1) is 0 Å². The van der Waals surface area contributed by atoms with Crippen LogP contribution in [0, 0.1) is 12.8 Å². The van der Waals surface area contributed by atoms with E-state index < -0.39 is 12.2 Å². The van der Waals surface area contributed by atoms with Crippen LogP contribution in [0.3, 0.4) is 0 Å². The summed E-state index contributed by atoms with van der Waals surface area (Å²) in [5.41, 5.74) is 4.08. The molecule has 2 unspecified atom stereocenters. The Hall–Kier alpha value is -2.52. The number of benzene rings is 1. The second-order valence-corrected chi connectivity index (χ2v) is 10.2. The van der Waals surface area contributed by atoms with Crippen molar-refractivity contribution in [1.29, 1.82) is 0 Å². The Balaban J connectivity index is 0.00000371. The van der Waals surface area contributed by atoms with Crippen molar-refractivity contribution >= 4 is 11.9 Å². The lowest BCUT2D eigenvalue weighted by atomic mass is 9.95. The number of aliphatic hydroxyl groups is 2. The Morgan fingerprint density at radius 3 is 2.51 bits per heavy atom. The van der Waals surface area contributed by atoms with E-state index in [0.717, 1.165) is 41.9 Å². The van der Waals surface area contributed by atoms with Crippen molar-refractivity contribution < 1.29 is 29.3 Å². The second kappa shape index (κ2) is 17.9. The molecule has 2 N–H and O–H groups in total. The largest absolute Gasteiger partial charge is 0.458 e. The number of likely N-dealkylation sites (N-methyl/N-ethyl adjacent to an activating group) is 2. The first-order valence-corrected chi connectivity index (χ1v) is 14.1. The number of carbonyl (C=O) groups excluding carboxylic acids is 2. The molecule has 0 bridgehead atoms. The molecule has 8 heteroatoms. The van der Waals surface area contributed by atoms with E-state index in [4.69, 9.17) is 9.47 Å². The monoisotopic (exact) mass is 546 g/mol. The Kier molecular flexibility index (Phi) is 15.9. The lowest BCUT2D eigenvalue weighted by Gasteiger charge is -2.27. The van der Waals surface area contributed by atoms with Crippen molar-refractivity contribution in [2.75, 3.05) is 46.4 Å². The molecular weight excluding hydrogens is 496 g/mol. The maximum Gasteiger partial charge on any atom is 0.338 e. The smallest absolute Gasteiger partial charge is 0.338 e. The van der Waals surface area contributed by atoms with Crippen LogP contribution in [-0.2, 0) is 20.9 Å². The Bertz CT molecular complexity index is 972. The van der Waals surface area contributed by atoms with Crippen LogP contribution in [-0.4, -0.2) is 84.4 Å². The number of ether oxygens (including phenoxy) is 2. The highest BCUT2D eigenvalue weighted by atomic mass is 16.5. The molecule has 1 aromatic rings. The van der Waals surface area contributed by atoms with E-state index in [1.54, 1.807) is 12.1 Å². The molecule has 1 aliphatic heterocycles. The summed E-state index contributed by atoms with van der Waals surface area (Å²) in [4.78, 5) is 27.7. The SMILES string of the molecule is CC.CCN(CCN(C)CC(O)c1ccc2c(c1C)COC2=O)CC(O)C/C=C(\C)COC(=O)/C=C/C(C)C. The fraction of sp³-hybridized carbons (Fsp3) is 0.613. The highest BCUT2D eigenvalue weighted by Gasteiger charge is 2.26. The Morgan fingerprint density at radius 2 is 1.87 bits per heavy atom. The van der Waals surface area contributed by atoms with Gasteiger partial charge in [-0.1, -0.05) is 52.8 Å². The van der Waals surface area contributed by atoms with Gasteiger partial charge in [0.05, 0.1) is 17.8 Å². The number of fused-ring (bicyclic) bond motifs is 1. The summed E-state index contributed by atoms with van der Waals surface area (Å²) in [5.74, 6) is -0.367. The van der Waals surface area contributed by atoms with Crippen LogP contribution < -0.4 is 0 Å². The first kappa shape index (κ1) is 34.5. The molecule has 0 aromatic heterocycles. The molecule has 0 spiro atoms. The summed E-state index contributed by atoms with van der Waals surface area (Å²) >= 11 is 0. The highest BCUT2D eigenvalue weighted by molar-refractivity contribution is 5.94. The lowest BCUT2D eigenvalue weighted by Crippen LogP contribution is -2.38. The van der Waals surface area contributed by atoms with Crippen LogP contribution in [0.5, 0.6) is 0 Å². The number of rotatable bonds is 15. The Labute approximate surface area is 235 Å². The van der Waals surface area contributed by atoms with Gasteiger partial charge in [0, 0.05) is 37.8 Å². The van der Waals surface area contributed by atoms with Gasteiger partial charge in [0.1, 0.15) is 13.2 Å². The van der Waals surface area contributed by atoms with Gasteiger partial charge in [0.25, 0.3) is 0 Å². The molecule has 0 radical (unpaired) electrons. The van der Waals surface area contributed by atoms with E-state index in [0.29, 0.717) is 31.0 Å². The number of aliphatic hydroxyl groups excluding tert-OH is 2. The average Bonchev–Trinajstić information content (AvgIpc) is 3.29. The molecule has 0 aliphatic carbocycles. The molecule has 1 heterocycles. The number of hydrogen-bond donors (Lipinski definition) is 2. The molecule has 1 aliphatic rings. The first-order chi connectivity index (χ1) is 18.5. The molecule has 0 fully saturated rings. The maximum atomic E-state index is 11.8. The van der Waals surface area contributed by atoms with Gasteiger partial charge >= 0.3 is 11.9 Å². The van der Waals surface area contributed by atoms with Crippen LogP contribution in [0.1, 0.15) is 81.1 Å². The average molecular weight is 547 g/mol. The van der Waals surface area contributed by atoms with Crippen LogP contribution in [0.2, 0.25) is 0 Å². The zero-order valence-corrected chi connectivity index (χ0v) is 25.2. The molecular formula is C31H50N2O6. The van der Waals surface area contributed by atoms with Crippen LogP contribution >= 0.6 is 0 Å². The minimum atomic E-state index is -0.672. The number of hydrogen-bond acceptors (Lipinski definition) is 8. The summed E-state index contributed by atoms with van der Waals surface area (Å²) < 4.78 is 10.3. The van der Waals surface area contributed by atoms with Crippen molar-refractivity contribution in [3.8, 4) is 0 Å². The number of carbonyl (C=O) groups is 2. The van der Waals surface area contributed by atoms with Crippen LogP contribution in [0.4, 0.5) is 0 Å². The number of allylic oxidation sites excluding steroid dienone is 1. The van der Waals surface area contributed by atoms with Gasteiger partial charge in [-0.05, 0) is 62.5 Å². The van der Waals surface area contributed by atoms with Gasteiger partial charge in [0.2, 0.25) is 0 Å². The van der Waals surface area contributed by atoms with E-state index >= 15 is 0 Å². The quantitative estimate of drug-likeness (QED) is 0.189. The van der Waals surface area contributed by atoms with E-state index in [9.17, 15) is 19.8 Å². The molecule has 1 aromatic carbocycles. The van der Waals surface area contributed by atoms with Gasteiger partial charge < -0.3 is 24.6 Å². The molecule has 0 saturated heterocycles. The van der Waals surface area contributed by atoms with E-state index in [2.05, 4.69) is 16.7 Å². The van der Waals surface area contributed by atoms with Gasteiger partial charge in [0.15, 0.2) is 0 Å². The first-order valence-electron chi connectivity index (χ1n) is 14.1. The van der Waals surface area contributed by atoms with Gasteiger partial charge in [-0.3, -0.25) is 4.90 Å². The molecule has 2 atom stereocenters. The van der Waals surface area contributed by atoms with Crippen molar-refractivity contribution in [2.45, 2.75) is 73.7 Å². The van der Waals surface area contributed by atoms with E-state index in [1.165, 1.54) is 6.08 Å². The van der Waals surface area contributed by atoms with Crippen molar-refractivity contribution in [3.63, 3.8) is 0 Å². The third-order valence-electron chi connectivity index (χ3n) is 6.56. The summed E-state index contributed by atoms with van der Waals surface area (Å²) in [6.07, 6.45) is 4.45. The fourth-order valence-electron chi connectivity index (χ4n) is 4.18. The predicted molar refractivity (Wildman–Crippen MR) is 156 cm³/mol. The molecule has 220 valence electrons. The minimum absolute atomic E-state index is 0.214. The normalized spacial score (nSPS) is 14.9. The minimum Gasteiger partial charge on any atom is -0.458 e. The number of esters is 2. The summed E-state index contributed by atoms with van der Waals surface area (Å²) in [5, 5.41) is 21.3. The van der Waals surface area contributed by atoms with Gasteiger partial charge in [-0.25, -0.2) is 9.59 Å². The third kappa shape index (κ3) is 12.0. The molecule has 2 rings (SSSR count). The summed E-state index contributed by atoms with van der Waals surface area (Å²) in [6, 6.07) is 3.55. The Morgan fingerprint density at radius 1 is 1.18 bits per heavy atom. The maximum absolute atomic E-state index is 11.8. The van der Waals surface area contributed by atoms with Crippen molar-refractivity contribution in [3.05, 3.63) is 58.2 Å².